The lowest BCUT2D eigenvalue weighted by Gasteiger charge is -2.37. The second-order valence-electron chi connectivity index (χ2n) is 5.36. The van der Waals surface area contributed by atoms with Gasteiger partial charge in [-0.15, -0.1) is 0 Å². The molecule has 0 radical (unpaired) electrons. The van der Waals surface area contributed by atoms with E-state index in [-0.39, 0.29) is 5.54 Å². The average Bonchev–Trinajstić information content (AvgIpc) is 2.28. The van der Waals surface area contributed by atoms with E-state index in [4.69, 9.17) is 0 Å². The van der Waals surface area contributed by atoms with Crippen LogP contribution in [0.3, 0.4) is 0 Å². The van der Waals surface area contributed by atoms with Crippen molar-refractivity contribution in [2.45, 2.75) is 38.6 Å². The molecule has 1 aromatic carbocycles. The van der Waals surface area contributed by atoms with E-state index in [0.717, 1.165) is 12.8 Å². The molecule has 0 saturated carbocycles. The Balaban J connectivity index is 2.23. The quantitative estimate of drug-likeness (QED) is 0.801. The molecule has 1 aliphatic rings. The molecule has 0 aromatic heterocycles. The summed E-state index contributed by atoms with van der Waals surface area (Å²) in [6, 6.07) is 5.78. The summed E-state index contributed by atoms with van der Waals surface area (Å²) in [5.74, 6) is 1.04. The Morgan fingerprint density at radius 2 is 2.06 bits per heavy atom. The van der Waals surface area contributed by atoms with Crippen LogP contribution in [0.1, 0.15) is 31.4 Å². The topological polar surface area (TPSA) is 32.3 Å². The first-order valence-corrected chi connectivity index (χ1v) is 6.02. The Morgan fingerprint density at radius 3 is 2.75 bits per heavy atom. The van der Waals surface area contributed by atoms with Crippen LogP contribution in [0.25, 0.3) is 0 Å². The van der Waals surface area contributed by atoms with Gasteiger partial charge in [0, 0.05) is 5.54 Å². The van der Waals surface area contributed by atoms with Crippen LogP contribution in [0.4, 0.5) is 0 Å². The number of phenolic OH excluding ortho intramolecular Hbond substituents is 1. The number of benzene rings is 1. The van der Waals surface area contributed by atoms with Crippen molar-refractivity contribution in [3.63, 3.8) is 0 Å². The minimum Gasteiger partial charge on any atom is -0.508 e. The van der Waals surface area contributed by atoms with Gasteiger partial charge in [0.25, 0.3) is 0 Å². The fourth-order valence-corrected chi connectivity index (χ4v) is 2.56. The van der Waals surface area contributed by atoms with Crippen LogP contribution in [-0.2, 0) is 12.8 Å². The molecule has 1 atom stereocenters. The largest absolute Gasteiger partial charge is 0.508 e. The summed E-state index contributed by atoms with van der Waals surface area (Å²) in [5, 5.41) is 12.9. The number of hydrogen-bond donors (Lipinski definition) is 2. The highest BCUT2D eigenvalue weighted by molar-refractivity contribution is 5.37. The zero-order chi connectivity index (χ0) is 11.8. The van der Waals surface area contributed by atoms with Crippen LogP contribution < -0.4 is 5.32 Å². The molecule has 16 heavy (non-hydrogen) atoms. The summed E-state index contributed by atoms with van der Waals surface area (Å²) in [6.07, 6.45) is 3.43. The Morgan fingerprint density at radius 1 is 1.31 bits per heavy atom. The molecular weight excluding hydrogens is 198 g/mol. The van der Waals surface area contributed by atoms with Crippen molar-refractivity contribution in [1.82, 2.24) is 5.32 Å². The van der Waals surface area contributed by atoms with Crippen molar-refractivity contribution in [2.75, 3.05) is 7.05 Å². The number of phenols is 1. The molecule has 2 rings (SSSR count). The molecule has 0 bridgehead atoms. The third kappa shape index (κ3) is 2.07. The van der Waals surface area contributed by atoms with Gasteiger partial charge in [-0.1, -0.05) is 6.07 Å². The van der Waals surface area contributed by atoms with Gasteiger partial charge in [-0.2, -0.15) is 0 Å². The van der Waals surface area contributed by atoms with E-state index in [9.17, 15) is 5.11 Å². The van der Waals surface area contributed by atoms with Crippen molar-refractivity contribution in [3.8, 4) is 5.75 Å². The van der Waals surface area contributed by atoms with Crippen molar-refractivity contribution in [1.29, 1.82) is 0 Å². The van der Waals surface area contributed by atoms with E-state index in [1.807, 2.05) is 13.1 Å². The second kappa shape index (κ2) is 4.10. The lowest BCUT2D eigenvalue weighted by molar-refractivity contribution is 0.243. The van der Waals surface area contributed by atoms with Crippen LogP contribution in [0.15, 0.2) is 18.2 Å². The van der Waals surface area contributed by atoms with Gasteiger partial charge in [-0.25, -0.2) is 0 Å². The standard InChI is InChI=1S/C14H21NO/c1-14(2,15-3)12-6-4-10-5-7-13(16)9-11(10)8-12/h5,7,9,12,15-16H,4,6,8H2,1-3H3. The zero-order valence-corrected chi connectivity index (χ0v) is 10.4. The third-order valence-corrected chi connectivity index (χ3v) is 4.08. The molecule has 0 heterocycles. The molecule has 0 aliphatic heterocycles. The minimum atomic E-state index is 0.170. The van der Waals surface area contributed by atoms with Crippen LogP contribution in [0.5, 0.6) is 5.75 Å². The molecule has 88 valence electrons. The van der Waals surface area contributed by atoms with Gasteiger partial charge in [0.15, 0.2) is 0 Å². The van der Waals surface area contributed by atoms with Gasteiger partial charge in [0.2, 0.25) is 0 Å². The first kappa shape index (κ1) is 11.5. The Labute approximate surface area is 97.7 Å². The average molecular weight is 219 g/mol. The van der Waals surface area contributed by atoms with E-state index < -0.39 is 0 Å². The van der Waals surface area contributed by atoms with Gasteiger partial charge in [-0.3, -0.25) is 0 Å². The first-order valence-electron chi connectivity index (χ1n) is 6.02. The number of hydrogen-bond acceptors (Lipinski definition) is 2. The third-order valence-electron chi connectivity index (χ3n) is 4.08. The molecule has 1 unspecified atom stereocenters. The summed E-state index contributed by atoms with van der Waals surface area (Å²) in [6.45, 7) is 4.51. The van der Waals surface area contributed by atoms with E-state index in [1.54, 1.807) is 6.07 Å². The molecule has 1 aliphatic carbocycles. The molecule has 0 amide bonds. The predicted molar refractivity (Wildman–Crippen MR) is 66.8 cm³/mol. The van der Waals surface area contributed by atoms with E-state index in [0.29, 0.717) is 11.7 Å². The van der Waals surface area contributed by atoms with Gasteiger partial charge in [0.05, 0.1) is 0 Å². The molecule has 0 fully saturated rings. The van der Waals surface area contributed by atoms with Gasteiger partial charge in [-0.05, 0) is 69.3 Å². The van der Waals surface area contributed by atoms with Gasteiger partial charge < -0.3 is 10.4 Å². The molecular formula is C14H21NO. The number of aryl methyl sites for hydroxylation is 1. The monoisotopic (exact) mass is 219 g/mol. The zero-order valence-electron chi connectivity index (χ0n) is 10.4. The minimum absolute atomic E-state index is 0.170. The van der Waals surface area contributed by atoms with Gasteiger partial charge >= 0.3 is 0 Å². The maximum Gasteiger partial charge on any atom is 0.115 e. The van der Waals surface area contributed by atoms with Crippen LogP contribution >= 0.6 is 0 Å². The highest BCUT2D eigenvalue weighted by Crippen LogP contribution is 2.33. The van der Waals surface area contributed by atoms with Crippen molar-refractivity contribution < 1.29 is 5.11 Å². The van der Waals surface area contributed by atoms with E-state index in [2.05, 4.69) is 25.2 Å². The SMILES string of the molecule is CNC(C)(C)C1CCc2ccc(O)cc2C1. The smallest absolute Gasteiger partial charge is 0.115 e. The highest BCUT2D eigenvalue weighted by Gasteiger charge is 2.30. The first-order chi connectivity index (χ1) is 7.53. The molecule has 2 nitrogen and oxygen atoms in total. The molecule has 2 heteroatoms. The molecule has 1 aromatic rings. The summed E-state index contributed by atoms with van der Waals surface area (Å²) in [4.78, 5) is 0. The maximum atomic E-state index is 9.52. The van der Waals surface area contributed by atoms with Gasteiger partial charge in [0.1, 0.15) is 5.75 Å². The Bertz CT molecular complexity index is 384. The Kier molecular flexibility index (Phi) is 2.94. The second-order valence-corrected chi connectivity index (χ2v) is 5.36. The lowest BCUT2D eigenvalue weighted by Crippen LogP contribution is -2.46. The Hall–Kier alpha value is -1.02. The van der Waals surface area contributed by atoms with Crippen molar-refractivity contribution in [3.05, 3.63) is 29.3 Å². The fourth-order valence-electron chi connectivity index (χ4n) is 2.56. The molecule has 2 N–H and O–H groups in total. The predicted octanol–water partition coefficient (Wildman–Crippen LogP) is 2.50. The van der Waals surface area contributed by atoms with E-state index >= 15 is 0 Å². The summed E-state index contributed by atoms with van der Waals surface area (Å²) < 4.78 is 0. The van der Waals surface area contributed by atoms with Crippen LogP contribution in [-0.4, -0.2) is 17.7 Å². The normalized spacial score (nSPS) is 20.6. The van der Waals surface area contributed by atoms with Crippen LogP contribution in [0, 0.1) is 5.92 Å². The summed E-state index contributed by atoms with van der Waals surface area (Å²) in [5.41, 5.74) is 2.89. The van der Waals surface area contributed by atoms with Crippen LogP contribution in [0.2, 0.25) is 0 Å². The fraction of sp³-hybridized carbons (Fsp3) is 0.571. The number of aromatic hydroxyl groups is 1. The molecule has 0 saturated heterocycles. The number of nitrogens with one attached hydrogen (secondary N) is 1. The summed E-state index contributed by atoms with van der Waals surface area (Å²) in [7, 11) is 2.03. The number of fused-ring (bicyclic) bond motifs is 1. The van der Waals surface area contributed by atoms with E-state index in [1.165, 1.54) is 17.5 Å². The summed E-state index contributed by atoms with van der Waals surface area (Å²) >= 11 is 0. The lowest BCUT2D eigenvalue weighted by atomic mass is 9.74. The number of rotatable bonds is 2. The maximum absolute atomic E-state index is 9.52. The highest BCUT2D eigenvalue weighted by atomic mass is 16.3. The van der Waals surface area contributed by atoms with Crippen molar-refractivity contribution >= 4 is 0 Å². The van der Waals surface area contributed by atoms with Crippen molar-refractivity contribution in [2.24, 2.45) is 5.92 Å². The molecule has 0 spiro atoms.